The Labute approximate surface area is 134 Å². The molecule has 120 valence electrons. The molecule has 0 radical (unpaired) electrons. The molecule has 2 rings (SSSR count). The van der Waals surface area contributed by atoms with E-state index in [4.69, 9.17) is 10.5 Å². The molecule has 1 fully saturated rings. The van der Waals surface area contributed by atoms with Crippen LogP contribution in [0.3, 0.4) is 0 Å². The van der Waals surface area contributed by atoms with Gasteiger partial charge < -0.3 is 10.5 Å². The first kappa shape index (κ1) is 16.8. The molecule has 1 aliphatic heterocycles. The number of ether oxygens (including phenoxy) is 1. The third-order valence-electron chi connectivity index (χ3n) is 3.11. The first-order chi connectivity index (χ1) is 10.2. The standard InChI is InChI=1S/C11H12BrN3O6S/c12-7-1-2-10(8(5-7)15(17)18)22(19,20)14-3-4-21-6-9(14)11(13)16/h1-2,5,9H,3-4,6H2,(H2,13,16). The molecule has 1 saturated heterocycles. The number of hydrogen-bond donors (Lipinski definition) is 1. The normalized spacial score (nSPS) is 19.8. The SMILES string of the molecule is NC(=O)C1COCCN1S(=O)(=O)c1ccc(Br)cc1[N+](=O)[O-]. The van der Waals surface area contributed by atoms with Crippen molar-refractivity contribution < 1.29 is 22.9 Å². The molecule has 0 aliphatic carbocycles. The number of amides is 1. The van der Waals surface area contributed by atoms with E-state index < -0.39 is 37.5 Å². The smallest absolute Gasteiger partial charge is 0.290 e. The lowest BCUT2D eigenvalue weighted by molar-refractivity contribution is -0.388. The Balaban J connectivity index is 2.54. The summed E-state index contributed by atoms with van der Waals surface area (Å²) in [5.41, 5.74) is 4.61. The Morgan fingerprint density at radius 2 is 2.18 bits per heavy atom. The van der Waals surface area contributed by atoms with Crippen molar-refractivity contribution in [1.82, 2.24) is 4.31 Å². The van der Waals surface area contributed by atoms with Gasteiger partial charge in [0.1, 0.15) is 6.04 Å². The molecule has 11 heteroatoms. The van der Waals surface area contributed by atoms with Gasteiger partial charge in [-0.25, -0.2) is 8.42 Å². The highest BCUT2D eigenvalue weighted by atomic mass is 79.9. The number of carbonyl (C=O) groups excluding carboxylic acids is 1. The Bertz CT molecular complexity index is 723. The predicted molar refractivity (Wildman–Crippen MR) is 78.5 cm³/mol. The summed E-state index contributed by atoms with van der Waals surface area (Å²) in [4.78, 5) is 21.2. The number of rotatable bonds is 4. The van der Waals surface area contributed by atoms with E-state index in [-0.39, 0.29) is 19.8 Å². The fraction of sp³-hybridized carbons (Fsp3) is 0.364. The molecule has 1 aromatic carbocycles. The number of sulfonamides is 1. The second-order valence-corrected chi connectivity index (χ2v) is 7.25. The van der Waals surface area contributed by atoms with Crippen LogP contribution in [0.4, 0.5) is 5.69 Å². The monoisotopic (exact) mass is 393 g/mol. The van der Waals surface area contributed by atoms with Gasteiger partial charge in [0.15, 0.2) is 4.90 Å². The van der Waals surface area contributed by atoms with Gasteiger partial charge in [-0.15, -0.1) is 0 Å². The van der Waals surface area contributed by atoms with Crippen LogP contribution in [0.25, 0.3) is 0 Å². The topological polar surface area (TPSA) is 133 Å². The van der Waals surface area contributed by atoms with Crippen LogP contribution in [-0.4, -0.2) is 49.4 Å². The van der Waals surface area contributed by atoms with Crippen LogP contribution in [-0.2, 0) is 19.6 Å². The summed E-state index contributed by atoms with van der Waals surface area (Å²) in [7, 11) is -4.26. The Morgan fingerprint density at radius 1 is 1.50 bits per heavy atom. The van der Waals surface area contributed by atoms with Crippen molar-refractivity contribution in [2.75, 3.05) is 19.8 Å². The molecule has 0 aromatic heterocycles. The number of primary amides is 1. The third kappa shape index (κ3) is 3.11. The van der Waals surface area contributed by atoms with E-state index in [1.165, 1.54) is 6.07 Å². The number of carbonyl (C=O) groups is 1. The van der Waals surface area contributed by atoms with Crippen molar-refractivity contribution in [3.05, 3.63) is 32.8 Å². The van der Waals surface area contributed by atoms with Crippen molar-refractivity contribution in [2.45, 2.75) is 10.9 Å². The van der Waals surface area contributed by atoms with Crippen molar-refractivity contribution in [3.63, 3.8) is 0 Å². The number of nitrogens with two attached hydrogens (primary N) is 1. The minimum Gasteiger partial charge on any atom is -0.378 e. The molecule has 0 spiro atoms. The quantitative estimate of drug-likeness (QED) is 0.574. The average Bonchev–Trinajstić information content (AvgIpc) is 2.46. The number of benzene rings is 1. The van der Waals surface area contributed by atoms with Crippen molar-refractivity contribution >= 4 is 37.5 Å². The van der Waals surface area contributed by atoms with Gasteiger partial charge in [-0.1, -0.05) is 15.9 Å². The zero-order valence-corrected chi connectivity index (χ0v) is 13.5. The molecule has 0 saturated carbocycles. The molecule has 1 unspecified atom stereocenters. The summed E-state index contributed by atoms with van der Waals surface area (Å²) >= 11 is 3.06. The van der Waals surface area contributed by atoms with E-state index in [9.17, 15) is 23.3 Å². The number of hydrogen-bond acceptors (Lipinski definition) is 6. The maximum atomic E-state index is 12.7. The van der Waals surface area contributed by atoms with Gasteiger partial charge in [-0.05, 0) is 12.1 Å². The highest BCUT2D eigenvalue weighted by Crippen LogP contribution is 2.31. The molecule has 1 aliphatic rings. The van der Waals surface area contributed by atoms with Gasteiger partial charge in [-0.3, -0.25) is 14.9 Å². The molecular formula is C11H12BrN3O6S. The van der Waals surface area contributed by atoms with Crippen LogP contribution < -0.4 is 5.73 Å². The van der Waals surface area contributed by atoms with Crippen LogP contribution in [0.15, 0.2) is 27.6 Å². The van der Waals surface area contributed by atoms with Gasteiger partial charge in [-0.2, -0.15) is 4.31 Å². The highest BCUT2D eigenvalue weighted by molar-refractivity contribution is 9.10. The minimum atomic E-state index is -4.26. The maximum absolute atomic E-state index is 12.7. The number of nitrogens with zero attached hydrogens (tertiary/aromatic N) is 2. The second kappa shape index (κ2) is 6.28. The van der Waals surface area contributed by atoms with Gasteiger partial charge in [0.2, 0.25) is 5.91 Å². The fourth-order valence-corrected chi connectivity index (χ4v) is 4.13. The molecule has 1 heterocycles. The first-order valence-corrected chi connectivity index (χ1v) is 8.31. The van der Waals surface area contributed by atoms with Crippen LogP contribution in [0.2, 0.25) is 0 Å². The minimum absolute atomic E-state index is 0.0767. The van der Waals surface area contributed by atoms with Gasteiger partial charge in [0.05, 0.1) is 18.1 Å². The van der Waals surface area contributed by atoms with E-state index in [1.807, 2.05) is 0 Å². The van der Waals surface area contributed by atoms with Gasteiger partial charge in [0.25, 0.3) is 15.7 Å². The van der Waals surface area contributed by atoms with Crippen LogP contribution >= 0.6 is 15.9 Å². The predicted octanol–water partition coefficient (Wildman–Crippen LogP) is 0.232. The molecule has 9 nitrogen and oxygen atoms in total. The highest BCUT2D eigenvalue weighted by Gasteiger charge is 2.40. The van der Waals surface area contributed by atoms with E-state index in [0.717, 1.165) is 16.4 Å². The molecule has 0 bridgehead atoms. The lowest BCUT2D eigenvalue weighted by Crippen LogP contribution is -2.54. The van der Waals surface area contributed by atoms with E-state index >= 15 is 0 Å². The number of nitro benzene ring substituents is 1. The summed E-state index contributed by atoms with van der Waals surface area (Å²) in [6.45, 7) is -0.213. The Kier molecular flexibility index (Phi) is 4.80. The lowest BCUT2D eigenvalue weighted by atomic mass is 10.3. The summed E-state index contributed by atoms with van der Waals surface area (Å²) in [6, 6.07) is 2.39. The Hall–Kier alpha value is -1.56. The van der Waals surface area contributed by atoms with E-state index in [1.54, 1.807) is 0 Å². The molecule has 1 aromatic rings. The summed E-state index contributed by atoms with van der Waals surface area (Å²) in [5, 5.41) is 11.1. The Morgan fingerprint density at radius 3 is 2.77 bits per heavy atom. The number of morpholine rings is 1. The summed E-state index contributed by atoms with van der Waals surface area (Å²) in [5.74, 6) is -0.872. The second-order valence-electron chi connectivity index (χ2n) is 4.48. The maximum Gasteiger partial charge on any atom is 0.290 e. The molecule has 1 atom stereocenters. The largest absolute Gasteiger partial charge is 0.378 e. The van der Waals surface area contributed by atoms with Gasteiger partial charge in [0, 0.05) is 17.1 Å². The molecule has 22 heavy (non-hydrogen) atoms. The van der Waals surface area contributed by atoms with Crippen molar-refractivity contribution in [3.8, 4) is 0 Å². The molecule has 1 amide bonds. The zero-order chi connectivity index (χ0) is 16.5. The van der Waals surface area contributed by atoms with Crippen LogP contribution in [0, 0.1) is 10.1 Å². The van der Waals surface area contributed by atoms with E-state index in [2.05, 4.69) is 15.9 Å². The zero-order valence-electron chi connectivity index (χ0n) is 11.1. The molecular weight excluding hydrogens is 382 g/mol. The van der Waals surface area contributed by atoms with Crippen molar-refractivity contribution in [2.24, 2.45) is 5.73 Å². The first-order valence-electron chi connectivity index (χ1n) is 6.08. The van der Waals surface area contributed by atoms with Gasteiger partial charge >= 0.3 is 0 Å². The lowest BCUT2D eigenvalue weighted by Gasteiger charge is -2.32. The summed E-state index contributed by atoms with van der Waals surface area (Å²) < 4.78 is 31.6. The summed E-state index contributed by atoms with van der Waals surface area (Å²) in [6.07, 6.45) is 0. The van der Waals surface area contributed by atoms with Crippen molar-refractivity contribution in [1.29, 1.82) is 0 Å². The van der Waals surface area contributed by atoms with Crippen LogP contribution in [0.5, 0.6) is 0 Å². The average molecular weight is 394 g/mol. The third-order valence-corrected chi connectivity index (χ3v) is 5.56. The van der Waals surface area contributed by atoms with Crippen LogP contribution in [0.1, 0.15) is 0 Å². The molecule has 2 N–H and O–H groups in total. The number of nitro groups is 1. The fourth-order valence-electron chi connectivity index (χ4n) is 2.08. The number of halogens is 1. The van der Waals surface area contributed by atoms with E-state index in [0.29, 0.717) is 4.47 Å².